The van der Waals surface area contributed by atoms with Crippen molar-refractivity contribution in [1.29, 1.82) is 0 Å². The molecule has 0 saturated carbocycles. The van der Waals surface area contributed by atoms with Gasteiger partial charge in [-0.1, -0.05) is 17.3 Å². The minimum absolute atomic E-state index is 0.262. The lowest BCUT2D eigenvalue weighted by molar-refractivity contribution is 0.365. The minimum Gasteiger partial charge on any atom is -0.461 e. The number of hydrogen-bond acceptors (Lipinski definition) is 7. The van der Waals surface area contributed by atoms with E-state index in [1.165, 1.54) is 0 Å². The van der Waals surface area contributed by atoms with Gasteiger partial charge in [-0.2, -0.15) is 8.42 Å². The van der Waals surface area contributed by atoms with Gasteiger partial charge < -0.3 is 9.43 Å². The highest BCUT2D eigenvalue weighted by molar-refractivity contribution is 7.87. The topological polar surface area (TPSA) is 140 Å². The Morgan fingerprint density at radius 3 is 2.64 bits per heavy atom. The molecular formula is C17H18N6O4S. The molecule has 0 saturated heterocycles. The van der Waals surface area contributed by atoms with Crippen molar-refractivity contribution >= 4 is 21.6 Å². The number of aryl methyl sites for hydroxylation is 1. The van der Waals surface area contributed by atoms with Crippen LogP contribution in [0.2, 0.25) is 0 Å². The first-order valence-corrected chi connectivity index (χ1v) is 9.79. The molecular weight excluding hydrogens is 384 g/mol. The molecule has 146 valence electrons. The maximum atomic E-state index is 10.9. The van der Waals surface area contributed by atoms with Gasteiger partial charge in [0.25, 0.3) is 0 Å². The Labute approximate surface area is 161 Å². The van der Waals surface area contributed by atoms with Gasteiger partial charge in [0.1, 0.15) is 17.2 Å². The summed E-state index contributed by atoms with van der Waals surface area (Å²) < 4.78 is 40.0. The molecule has 0 unspecified atom stereocenters. The molecule has 11 heteroatoms. The van der Waals surface area contributed by atoms with Crippen molar-refractivity contribution in [2.24, 2.45) is 5.84 Å². The number of nitrogens with one attached hydrogen (secondary N) is 1. The minimum atomic E-state index is -4.30. The summed E-state index contributed by atoms with van der Waals surface area (Å²) in [4.78, 5) is 0. The van der Waals surface area contributed by atoms with Crippen LogP contribution in [0.3, 0.4) is 0 Å². The van der Waals surface area contributed by atoms with Gasteiger partial charge in [0.2, 0.25) is 0 Å². The van der Waals surface area contributed by atoms with Crippen LogP contribution in [0.4, 0.5) is 5.69 Å². The molecule has 0 amide bonds. The van der Waals surface area contributed by atoms with Crippen LogP contribution in [0.25, 0.3) is 5.57 Å². The Balaban J connectivity index is 1.60. The summed E-state index contributed by atoms with van der Waals surface area (Å²) in [6, 6.07) is 10.3. The van der Waals surface area contributed by atoms with Crippen LogP contribution in [0.5, 0.6) is 0 Å². The summed E-state index contributed by atoms with van der Waals surface area (Å²) in [7, 11) is -4.30. The summed E-state index contributed by atoms with van der Waals surface area (Å²) in [5.41, 5.74) is 3.45. The SMILES string of the molecule is Cc1ccc(C2=CN(N)Cc3c2nnn3Cc2ccc(NS(=O)(=O)O)cc2)o1. The molecule has 2 aromatic heterocycles. The summed E-state index contributed by atoms with van der Waals surface area (Å²) in [5, 5.41) is 10.1. The average molecular weight is 402 g/mol. The highest BCUT2D eigenvalue weighted by atomic mass is 32.2. The molecule has 1 aliphatic rings. The van der Waals surface area contributed by atoms with Crippen LogP contribution in [0, 0.1) is 6.92 Å². The first-order valence-electron chi connectivity index (χ1n) is 8.35. The lowest BCUT2D eigenvalue weighted by Gasteiger charge is -2.21. The van der Waals surface area contributed by atoms with Gasteiger partial charge in [-0.15, -0.1) is 5.10 Å². The predicted molar refractivity (Wildman–Crippen MR) is 101 cm³/mol. The molecule has 3 heterocycles. The number of rotatable bonds is 5. The first-order chi connectivity index (χ1) is 13.3. The second kappa shape index (κ2) is 6.78. The summed E-state index contributed by atoms with van der Waals surface area (Å²) >= 11 is 0. The molecule has 4 N–H and O–H groups in total. The molecule has 4 rings (SSSR count). The van der Waals surface area contributed by atoms with E-state index in [2.05, 4.69) is 10.3 Å². The van der Waals surface area contributed by atoms with Crippen molar-refractivity contribution < 1.29 is 17.4 Å². The second-order valence-electron chi connectivity index (χ2n) is 6.44. The monoisotopic (exact) mass is 402 g/mol. The second-order valence-corrected chi connectivity index (χ2v) is 7.60. The van der Waals surface area contributed by atoms with Crippen molar-refractivity contribution in [3.63, 3.8) is 0 Å². The molecule has 0 aliphatic carbocycles. The highest BCUT2D eigenvalue weighted by Gasteiger charge is 2.25. The van der Waals surface area contributed by atoms with Crippen molar-refractivity contribution in [2.75, 3.05) is 4.72 Å². The zero-order chi connectivity index (χ0) is 19.9. The van der Waals surface area contributed by atoms with E-state index in [1.807, 2.05) is 23.8 Å². The third kappa shape index (κ3) is 3.76. The highest BCUT2D eigenvalue weighted by Crippen LogP contribution is 2.30. The molecule has 0 atom stereocenters. The first kappa shape index (κ1) is 18.2. The Bertz CT molecular complexity index is 1150. The van der Waals surface area contributed by atoms with E-state index in [-0.39, 0.29) is 5.69 Å². The van der Waals surface area contributed by atoms with E-state index in [0.29, 0.717) is 24.5 Å². The Morgan fingerprint density at radius 2 is 2.00 bits per heavy atom. The molecule has 0 bridgehead atoms. The van der Waals surface area contributed by atoms with Gasteiger partial charge >= 0.3 is 10.3 Å². The smallest absolute Gasteiger partial charge is 0.357 e. The van der Waals surface area contributed by atoms with Gasteiger partial charge in [0, 0.05) is 6.20 Å². The fourth-order valence-corrected chi connectivity index (χ4v) is 3.46. The largest absolute Gasteiger partial charge is 0.461 e. The van der Waals surface area contributed by atoms with E-state index >= 15 is 0 Å². The van der Waals surface area contributed by atoms with E-state index < -0.39 is 10.3 Å². The van der Waals surface area contributed by atoms with Crippen molar-refractivity contribution in [3.05, 3.63) is 71.1 Å². The number of anilines is 1. The third-order valence-electron chi connectivity index (χ3n) is 4.26. The third-order valence-corrected chi connectivity index (χ3v) is 4.75. The number of nitrogens with zero attached hydrogens (tertiary/aromatic N) is 4. The number of fused-ring (bicyclic) bond motifs is 1. The van der Waals surface area contributed by atoms with Crippen LogP contribution >= 0.6 is 0 Å². The molecule has 3 aromatic rings. The van der Waals surface area contributed by atoms with Gasteiger partial charge in [-0.3, -0.25) is 9.27 Å². The van der Waals surface area contributed by atoms with E-state index in [0.717, 1.165) is 22.6 Å². The number of benzene rings is 1. The fourth-order valence-electron chi connectivity index (χ4n) is 3.03. The number of hydrogen-bond donors (Lipinski definition) is 3. The Kier molecular flexibility index (Phi) is 4.41. The summed E-state index contributed by atoms with van der Waals surface area (Å²) in [5.74, 6) is 7.50. The number of aromatic nitrogens is 3. The van der Waals surface area contributed by atoms with Crippen LogP contribution in [-0.4, -0.2) is 33.0 Å². The van der Waals surface area contributed by atoms with Gasteiger partial charge in [-0.05, 0) is 36.8 Å². The molecule has 0 fully saturated rings. The van der Waals surface area contributed by atoms with Gasteiger partial charge in [0.05, 0.1) is 30.0 Å². The van der Waals surface area contributed by atoms with Crippen LogP contribution in [0.1, 0.15) is 28.5 Å². The van der Waals surface area contributed by atoms with Crippen LogP contribution in [0.15, 0.2) is 47.0 Å². The maximum absolute atomic E-state index is 10.9. The quantitative estimate of drug-likeness (QED) is 0.431. The zero-order valence-corrected chi connectivity index (χ0v) is 15.7. The van der Waals surface area contributed by atoms with E-state index in [1.54, 1.807) is 40.2 Å². The normalized spacial score (nSPS) is 14.0. The van der Waals surface area contributed by atoms with Gasteiger partial charge in [0.15, 0.2) is 0 Å². The average Bonchev–Trinajstić information content (AvgIpc) is 3.21. The lowest BCUT2D eigenvalue weighted by Crippen LogP contribution is -2.29. The van der Waals surface area contributed by atoms with Crippen LogP contribution in [-0.2, 0) is 23.4 Å². The van der Waals surface area contributed by atoms with Crippen molar-refractivity contribution in [3.8, 4) is 0 Å². The van der Waals surface area contributed by atoms with Crippen LogP contribution < -0.4 is 10.6 Å². The predicted octanol–water partition coefficient (Wildman–Crippen LogP) is 1.52. The molecule has 0 spiro atoms. The molecule has 1 aliphatic heterocycles. The zero-order valence-electron chi connectivity index (χ0n) is 14.9. The number of furan rings is 1. The molecule has 28 heavy (non-hydrogen) atoms. The summed E-state index contributed by atoms with van der Waals surface area (Å²) in [6.45, 7) is 2.73. The molecule has 0 radical (unpaired) electrons. The Hall–Kier alpha value is -3.15. The maximum Gasteiger partial charge on any atom is 0.357 e. The number of hydrazine groups is 1. The van der Waals surface area contributed by atoms with Gasteiger partial charge in [-0.25, -0.2) is 10.5 Å². The van der Waals surface area contributed by atoms with Crippen molar-refractivity contribution in [1.82, 2.24) is 20.0 Å². The molecule has 10 nitrogen and oxygen atoms in total. The fraction of sp³-hybridized carbons (Fsp3) is 0.176. The van der Waals surface area contributed by atoms with Crippen molar-refractivity contribution in [2.45, 2.75) is 20.0 Å². The van der Waals surface area contributed by atoms with E-state index in [4.69, 9.17) is 14.8 Å². The Morgan fingerprint density at radius 1 is 1.25 bits per heavy atom. The molecule has 1 aromatic carbocycles. The summed E-state index contributed by atoms with van der Waals surface area (Å²) in [6.07, 6.45) is 1.77. The standard InChI is InChI=1S/C17H18N6O4S/c1-11-2-7-16(27-11)14-9-22(18)10-15-17(14)19-21-23(15)8-12-3-5-13(6-4-12)20-28(24,25)26/h2-7,9,20H,8,10,18H2,1H3,(H,24,25,26). The van der Waals surface area contributed by atoms with E-state index in [9.17, 15) is 8.42 Å². The number of nitrogens with two attached hydrogens (primary N) is 1. The lowest BCUT2D eigenvalue weighted by atomic mass is 10.1.